The van der Waals surface area contributed by atoms with Crippen LogP contribution < -0.4 is 5.32 Å². The molecule has 0 radical (unpaired) electrons. The van der Waals surface area contributed by atoms with E-state index < -0.39 is 56.4 Å². The Hall–Kier alpha value is -0.580. The maximum Gasteiger partial charge on any atom is 0.331 e. The van der Waals surface area contributed by atoms with Crippen LogP contribution in [0.5, 0.6) is 0 Å². The van der Waals surface area contributed by atoms with Gasteiger partial charge in [0.2, 0.25) is 5.91 Å². The smallest absolute Gasteiger partial charge is 0.331 e. The molecule has 1 amide bonds. The molecule has 0 aromatic carbocycles. The third-order valence-corrected chi connectivity index (χ3v) is 5.90. The molecule has 1 fully saturated rings. The minimum atomic E-state index is -4.10. The van der Waals surface area contributed by atoms with Gasteiger partial charge in [0.15, 0.2) is 6.29 Å². The first-order chi connectivity index (χ1) is 12.8. The van der Waals surface area contributed by atoms with Gasteiger partial charge in [-0.3, -0.25) is 13.9 Å². The number of carbonyl (C=O) groups is 1. The normalized spacial score (nSPS) is 30.9. The molecule has 1 aliphatic heterocycles. The second kappa shape index (κ2) is 10.4. The van der Waals surface area contributed by atoms with Gasteiger partial charge in [-0.1, -0.05) is 13.8 Å². The van der Waals surface area contributed by atoms with E-state index in [4.69, 9.17) is 18.7 Å². The maximum absolute atomic E-state index is 12.4. The summed E-state index contributed by atoms with van der Waals surface area (Å²) in [5, 5.41) is 22.5. The number of amides is 1. The van der Waals surface area contributed by atoms with E-state index in [2.05, 4.69) is 5.32 Å². The average Bonchev–Trinajstić information content (AvgIpc) is 2.55. The fraction of sp³-hybridized carbons (Fsp3) is 0.941. The summed E-state index contributed by atoms with van der Waals surface area (Å²) in [6.07, 6.45) is -5.01. The zero-order valence-electron chi connectivity index (χ0n) is 17.3. The third-order valence-electron chi connectivity index (χ3n) is 4.05. The van der Waals surface area contributed by atoms with Crippen molar-refractivity contribution in [1.29, 1.82) is 0 Å². The van der Waals surface area contributed by atoms with Crippen molar-refractivity contribution in [1.82, 2.24) is 5.32 Å². The predicted molar refractivity (Wildman–Crippen MR) is 101 cm³/mol. The molecule has 1 heterocycles. The number of ether oxygens (including phenoxy) is 3. The fourth-order valence-corrected chi connectivity index (χ4v) is 3.38. The van der Waals surface area contributed by atoms with Crippen molar-refractivity contribution in [3.05, 3.63) is 0 Å². The molecule has 6 atom stereocenters. The predicted octanol–water partition coefficient (Wildman–Crippen LogP) is 0.380. The molecule has 0 aromatic heterocycles. The van der Waals surface area contributed by atoms with E-state index >= 15 is 0 Å². The Kier molecular flexibility index (Phi) is 9.50. The summed E-state index contributed by atoms with van der Waals surface area (Å²) in [5.41, 5.74) is -1.10. The van der Waals surface area contributed by atoms with Crippen molar-refractivity contribution in [2.75, 3.05) is 19.8 Å². The van der Waals surface area contributed by atoms with Crippen molar-refractivity contribution in [3.8, 4) is 0 Å². The quantitative estimate of drug-likeness (QED) is 0.303. The lowest BCUT2D eigenvalue weighted by Crippen LogP contribution is -2.65. The Morgan fingerprint density at radius 1 is 1.29 bits per heavy atom. The Morgan fingerprint density at radius 3 is 2.36 bits per heavy atom. The standard InChI is InChI=1S/C17H34NO9P/c1-10(2)28(22,23)27-15-13(18-11(3)20)16(26-12(9-19)14(15)21)24-7-8-25-17(4,5)6/h10,12-16,19,21H,7-9H2,1-6H3,(H,18,20)(H,22,23). The second-order valence-corrected chi connectivity index (χ2v) is 10.4. The molecule has 10 nitrogen and oxygen atoms in total. The summed E-state index contributed by atoms with van der Waals surface area (Å²) in [6, 6.07) is -1.07. The van der Waals surface area contributed by atoms with Gasteiger partial charge < -0.3 is 34.6 Å². The number of nitrogens with one attached hydrogen (secondary N) is 1. The lowest BCUT2D eigenvalue weighted by Gasteiger charge is -2.44. The fourth-order valence-electron chi connectivity index (χ4n) is 2.53. The van der Waals surface area contributed by atoms with Gasteiger partial charge in [-0.15, -0.1) is 0 Å². The van der Waals surface area contributed by atoms with Crippen molar-refractivity contribution >= 4 is 13.5 Å². The van der Waals surface area contributed by atoms with Crippen molar-refractivity contribution in [2.45, 2.75) is 83.4 Å². The van der Waals surface area contributed by atoms with Crippen molar-refractivity contribution < 1.29 is 43.2 Å². The molecule has 0 aromatic rings. The van der Waals surface area contributed by atoms with Crippen LogP contribution in [0.4, 0.5) is 0 Å². The minimum Gasteiger partial charge on any atom is -0.394 e. The summed E-state index contributed by atoms with van der Waals surface area (Å²) in [4.78, 5) is 21.8. The molecular formula is C17H34NO9P. The molecule has 4 N–H and O–H groups in total. The monoisotopic (exact) mass is 427 g/mol. The summed E-state index contributed by atoms with van der Waals surface area (Å²) in [7, 11) is -4.10. The highest BCUT2D eigenvalue weighted by atomic mass is 31.2. The second-order valence-electron chi connectivity index (χ2n) is 8.00. The molecule has 11 heteroatoms. The average molecular weight is 427 g/mol. The van der Waals surface area contributed by atoms with E-state index in [0.717, 1.165) is 0 Å². The van der Waals surface area contributed by atoms with Crippen LogP contribution >= 0.6 is 7.60 Å². The number of aliphatic hydroxyl groups excluding tert-OH is 2. The van der Waals surface area contributed by atoms with E-state index in [9.17, 15) is 24.5 Å². The zero-order chi connectivity index (χ0) is 21.7. The molecule has 166 valence electrons. The van der Waals surface area contributed by atoms with Crippen molar-refractivity contribution in [2.24, 2.45) is 0 Å². The third kappa shape index (κ3) is 7.68. The van der Waals surface area contributed by atoms with E-state index in [0.29, 0.717) is 0 Å². The molecule has 28 heavy (non-hydrogen) atoms. The number of hydrogen-bond acceptors (Lipinski definition) is 8. The lowest BCUT2D eigenvalue weighted by atomic mass is 9.97. The Bertz CT molecular complexity index is 551. The van der Waals surface area contributed by atoms with Crippen LogP contribution in [0.3, 0.4) is 0 Å². The van der Waals surface area contributed by atoms with Crippen LogP contribution in [-0.4, -0.2) is 82.7 Å². The van der Waals surface area contributed by atoms with Gasteiger partial charge in [0, 0.05) is 6.92 Å². The van der Waals surface area contributed by atoms with Crippen LogP contribution in [0.25, 0.3) is 0 Å². The van der Waals surface area contributed by atoms with E-state index in [1.807, 2.05) is 20.8 Å². The molecule has 1 rings (SSSR count). The first kappa shape index (κ1) is 25.5. The Morgan fingerprint density at radius 2 is 1.89 bits per heavy atom. The van der Waals surface area contributed by atoms with Gasteiger partial charge in [-0.25, -0.2) is 0 Å². The number of carbonyl (C=O) groups excluding carboxylic acids is 1. The molecule has 1 saturated heterocycles. The zero-order valence-corrected chi connectivity index (χ0v) is 18.2. The van der Waals surface area contributed by atoms with Gasteiger partial charge in [0.25, 0.3) is 0 Å². The topological polar surface area (TPSA) is 144 Å². The van der Waals surface area contributed by atoms with Crippen LogP contribution in [0.2, 0.25) is 0 Å². The summed E-state index contributed by atoms with van der Waals surface area (Å²) >= 11 is 0. The number of rotatable bonds is 9. The molecule has 0 spiro atoms. The Balaban J connectivity index is 3.01. The summed E-state index contributed by atoms with van der Waals surface area (Å²) in [5.74, 6) is -0.464. The molecule has 0 aliphatic carbocycles. The highest BCUT2D eigenvalue weighted by Gasteiger charge is 2.49. The van der Waals surface area contributed by atoms with Crippen LogP contribution in [0, 0.1) is 0 Å². The molecule has 1 aliphatic rings. The number of aliphatic hydroxyl groups is 2. The van der Waals surface area contributed by atoms with Crippen LogP contribution in [0.1, 0.15) is 41.5 Å². The summed E-state index contributed by atoms with van der Waals surface area (Å²) in [6.45, 7) is 9.68. The van der Waals surface area contributed by atoms with Crippen molar-refractivity contribution in [3.63, 3.8) is 0 Å². The van der Waals surface area contributed by atoms with Gasteiger partial charge in [-0.2, -0.15) is 0 Å². The lowest BCUT2D eigenvalue weighted by molar-refractivity contribution is -0.270. The summed E-state index contributed by atoms with van der Waals surface area (Å²) < 4.78 is 34.5. The minimum absolute atomic E-state index is 0.0972. The van der Waals surface area contributed by atoms with E-state index in [1.165, 1.54) is 20.8 Å². The highest BCUT2D eigenvalue weighted by Crippen LogP contribution is 2.50. The van der Waals surface area contributed by atoms with E-state index in [1.54, 1.807) is 0 Å². The van der Waals surface area contributed by atoms with Gasteiger partial charge in [0.1, 0.15) is 24.4 Å². The molecule has 6 unspecified atom stereocenters. The van der Waals surface area contributed by atoms with Gasteiger partial charge >= 0.3 is 7.60 Å². The molecule has 0 saturated carbocycles. The van der Waals surface area contributed by atoms with Crippen LogP contribution in [-0.2, 0) is 28.1 Å². The number of hydrogen-bond donors (Lipinski definition) is 4. The molecule has 0 bridgehead atoms. The first-order valence-electron chi connectivity index (χ1n) is 9.26. The SMILES string of the molecule is CC(=O)NC1C(OCCOC(C)(C)C)OC(CO)C(O)C1OP(=O)(O)C(C)C. The molecular weight excluding hydrogens is 393 g/mol. The van der Waals surface area contributed by atoms with Gasteiger partial charge in [-0.05, 0) is 20.8 Å². The largest absolute Gasteiger partial charge is 0.394 e. The van der Waals surface area contributed by atoms with E-state index in [-0.39, 0.29) is 18.8 Å². The first-order valence-corrected chi connectivity index (χ1v) is 10.9. The van der Waals surface area contributed by atoms with Crippen LogP contribution in [0.15, 0.2) is 0 Å². The highest BCUT2D eigenvalue weighted by molar-refractivity contribution is 7.53. The van der Waals surface area contributed by atoms with Gasteiger partial charge in [0.05, 0.1) is 31.1 Å². The Labute approximate surface area is 166 Å². The maximum atomic E-state index is 12.4.